The lowest BCUT2D eigenvalue weighted by Gasteiger charge is -2.24. The molecule has 1 saturated heterocycles. The van der Waals surface area contributed by atoms with Crippen LogP contribution in [0.2, 0.25) is 0 Å². The molecule has 6 heteroatoms. The van der Waals surface area contributed by atoms with E-state index in [0.717, 1.165) is 42.7 Å². The van der Waals surface area contributed by atoms with Gasteiger partial charge in [0.25, 0.3) is 0 Å². The maximum Gasteiger partial charge on any atom is 0.147 e. The Morgan fingerprint density at radius 3 is 2.67 bits per heavy atom. The predicted molar refractivity (Wildman–Crippen MR) is 78.9 cm³/mol. The van der Waals surface area contributed by atoms with Gasteiger partial charge in [-0.15, -0.1) is 0 Å². The highest BCUT2D eigenvalue weighted by atomic mass is 16.5. The lowest BCUT2D eigenvalue weighted by Crippen LogP contribution is -2.33. The molecule has 114 valence electrons. The monoisotopic (exact) mass is 289 g/mol. The highest BCUT2D eigenvalue weighted by molar-refractivity contribution is 5.20. The third-order valence-corrected chi connectivity index (χ3v) is 4.39. The molecule has 1 fully saturated rings. The SMILES string of the molecule is Cc1nc(C)n(C[C@@H]2CCCN2Cc2c(C)noc2C)n1. The minimum absolute atomic E-state index is 0.512. The van der Waals surface area contributed by atoms with E-state index in [-0.39, 0.29) is 0 Å². The fourth-order valence-corrected chi connectivity index (χ4v) is 3.17. The second kappa shape index (κ2) is 5.60. The normalized spacial score (nSPS) is 19.5. The average molecular weight is 289 g/mol. The molecule has 21 heavy (non-hydrogen) atoms. The first kappa shape index (κ1) is 14.3. The van der Waals surface area contributed by atoms with Crippen molar-refractivity contribution in [2.24, 2.45) is 0 Å². The van der Waals surface area contributed by atoms with Crippen LogP contribution in [0.5, 0.6) is 0 Å². The van der Waals surface area contributed by atoms with Crippen LogP contribution in [0.3, 0.4) is 0 Å². The summed E-state index contributed by atoms with van der Waals surface area (Å²) < 4.78 is 7.31. The Hall–Kier alpha value is -1.69. The molecule has 2 aromatic rings. The van der Waals surface area contributed by atoms with Crippen molar-refractivity contribution in [3.8, 4) is 0 Å². The van der Waals surface area contributed by atoms with Gasteiger partial charge in [-0.25, -0.2) is 9.67 Å². The Balaban J connectivity index is 1.72. The number of rotatable bonds is 4. The van der Waals surface area contributed by atoms with Crippen molar-refractivity contribution < 1.29 is 4.52 Å². The summed E-state index contributed by atoms with van der Waals surface area (Å²) in [6.07, 6.45) is 2.45. The molecule has 3 heterocycles. The molecule has 3 rings (SSSR count). The summed E-state index contributed by atoms with van der Waals surface area (Å²) in [5.74, 6) is 2.78. The minimum Gasteiger partial charge on any atom is -0.361 e. The van der Waals surface area contributed by atoms with Gasteiger partial charge in [0, 0.05) is 18.2 Å². The van der Waals surface area contributed by atoms with Crippen molar-refractivity contribution in [2.45, 2.75) is 59.7 Å². The first-order chi connectivity index (χ1) is 10.0. The Morgan fingerprint density at radius 2 is 2.05 bits per heavy atom. The molecule has 0 aliphatic carbocycles. The number of hydrogen-bond acceptors (Lipinski definition) is 5. The molecule has 0 unspecified atom stereocenters. The highest BCUT2D eigenvalue weighted by Crippen LogP contribution is 2.24. The van der Waals surface area contributed by atoms with E-state index in [1.54, 1.807) is 0 Å². The maximum atomic E-state index is 5.28. The maximum absolute atomic E-state index is 5.28. The molecule has 2 aromatic heterocycles. The van der Waals surface area contributed by atoms with Crippen LogP contribution in [0, 0.1) is 27.7 Å². The molecular formula is C15H23N5O. The molecule has 0 radical (unpaired) electrons. The van der Waals surface area contributed by atoms with Crippen molar-refractivity contribution >= 4 is 0 Å². The third-order valence-electron chi connectivity index (χ3n) is 4.39. The molecule has 0 bridgehead atoms. The zero-order valence-electron chi connectivity index (χ0n) is 13.3. The minimum atomic E-state index is 0.512. The second-order valence-electron chi connectivity index (χ2n) is 5.96. The Bertz CT molecular complexity index is 611. The van der Waals surface area contributed by atoms with Gasteiger partial charge in [-0.1, -0.05) is 5.16 Å². The van der Waals surface area contributed by atoms with Gasteiger partial charge in [-0.3, -0.25) is 4.90 Å². The van der Waals surface area contributed by atoms with Crippen LogP contribution in [0.1, 0.15) is 41.5 Å². The van der Waals surface area contributed by atoms with Gasteiger partial charge in [-0.2, -0.15) is 5.10 Å². The fourth-order valence-electron chi connectivity index (χ4n) is 3.17. The molecule has 0 amide bonds. The quantitative estimate of drug-likeness (QED) is 0.863. The molecule has 0 N–H and O–H groups in total. The van der Waals surface area contributed by atoms with Gasteiger partial charge in [0.1, 0.15) is 17.4 Å². The van der Waals surface area contributed by atoms with Crippen LogP contribution in [-0.4, -0.2) is 37.4 Å². The Morgan fingerprint density at radius 1 is 1.24 bits per heavy atom. The van der Waals surface area contributed by atoms with Gasteiger partial charge in [0.15, 0.2) is 0 Å². The van der Waals surface area contributed by atoms with Gasteiger partial charge in [-0.05, 0) is 47.1 Å². The number of aromatic nitrogens is 4. The summed E-state index contributed by atoms with van der Waals surface area (Å²) in [5.41, 5.74) is 2.24. The van der Waals surface area contributed by atoms with Crippen molar-refractivity contribution in [3.05, 3.63) is 28.7 Å². The topological polar surface area (TPSA) is 60.0 Å². The average Bonchev–Trinajstić information content (AvgIpc) is 3.08. The van der Waals surface area contributed by atoms with E-state index in [1.807, 2.05) is 32.4 Å². The van der Waals surface area contributed by atoms with Crippen LogP contribution in [0.25, 0.3) is 0 Å². The van der Waals surface area contributed by atoms with Crippen molar-refractivity contribution in [1.82, 2.24) is 24.8 Å². The van der Waals surface area contributed by atoms with E-state index in [2.05, 4.69) is 20.1 Å². The fraction of sp³-hybridized carbons (Fsp3) is 0.667. The van der Waals surface area contributed by atoms with E-state index in [1.165, 1.54) is 18.4 Å². The number of likely N-dealkylation sites (tertiary alicyclic amines) is 1. The van der Waals surface area contributed by atoms with Gasteiger partial charge in [0.05, 0.1) is 12.2 Å². The van der Waals surface area contributed by atoms with E-state index < -0.39 is 0 Å². The summed E-state index contributed by atoms with van der Waals surface area (Å²) in [6, 6.07) is 0.512. The van der Waals surface area contributed by atoms with Crippen LogP contribution >= 0.6 is 0 Å². The summed E-state index contributed by atoms with van der Waals surface area (Å²) in [5, 5.41) is 8.54. The summed E-state index contributed by atoms with van der Waals surface area (Å²) in [6.45, 7) is 10.9. The molecule has 0 saturated carbocycles. The first-order valence-corrected chi connectivity index (χ1v) is 7.58. The molecule has 1 atom stereocenters. The van der Waals surface area contributed by atoms with Crippen molar-refractivity contribution in [3.63, 3.8) is 0 Å². The van der Waals surface area contributed by atoms with E-state index in [4.69, 9.17) is 4.52 Å². The molecule has 1 aliphatic rings. The number of nitrogens with zero attached hydrogens (tertiary/aromatic N) is 5. The zero-order chi connectivity index (χ0) is 15.0. The smallest absolute Gasteiger partial charge is 0.147 e. The van der Waals surface area contributed by atoms with E-state index in [0.29, 0.717) is 6.04 Å². The summed E-state index contributed by atoms with van der Waals surface area (Å²) in [7, 11) is 0. The molecule has 0 aromatic carbocycles. The largest absolute Gasteiger partial charge is 0.361 e. The first-order valence-electron chi connectivity index (χ1n) is 7.58. The lowest BCUT2D eigenvalue weighted by molar-refractivity contribution is 0.216. The highest BCUT2D eigenvalue weighted by Gasteiger charge is 2.27. The second-order valence-corrected chi connectivity index (χ2v) is 5.96. The van der Waals surface area contributed by atoms with Crippen molar-refractivity contribution in [1.29, 1.82) is 0 Å². The van der Waals surface area contributed by atoms with Crippen LogP contribution in [-0.2, 0) is 13.1 Å². The number of hydrogen-bond donors (Lipinski definition) is 0. The Kier molecular flexibility index (Phi) is 3.80. The van der Waals surface area contributed by atoms with Crippen LogP contribution in [0.15, 0.2) is 4.52 Å². The van der Waals surface area contributed by atoms with Gasteiger partial charge in [0.2, 0.25) is 0 Å². The van der Waals surface area contributed by atoms with Crippen LogP contribution < -0.4 is 0 Å². The third kappa shape index (κ3) is 2.85. The van der Waals surface area contributed by atoms with Gasteiger partial charge >= 0.3 is 0 Å². The summed E-state index contributed by atoms with van der Waals surface area (Å²) >= 11 is 0. The van der Waals surface area contributed by atoms with E-state index in [9.17, 15) is 0 Å². The zero-order valence-corrected chi connectivity index (χ0v) is 13.3. The Labute approximate surface area is 125 Å². The van der Waals surface area contributed by atoms with E-state index >= 15 is 0 Å². The molecule has 0 spiro atoms. The van der Waals surface area contributed by atoms with Crippen molar-refractivity contribution in [2.75, 3.05) is 6.54 Å². The molecular weight excluding hydrogens is 266 g/mol. The lowest BCUT2D eigenvalue weighted by atomic mass is 10.1. The predicted octanol–water partition coefficient (Wildman–Crippen LogP) is 2.16. The van der Waals surface area contributed by atoms with Crippen LogP contribution in [0.4, 0.5) is 0 Å². The molecule has 1 aliphatic heterocycles. The standard InChI is InChI=1S/C15H23N5O/c1-10-15(11(2)21-18-10)9-19-7-5-6-14(19)8-20-13(4)16-12(3)17-20/h14H,5-9H2,1-4H3/t14-/m0/s1. The molecule has 6 nitrogen and oxygen atoms in total. The summed E-state index contributed by atoms with van der Waals surface area (Å²) in [4.78, 5) is 6.91. The number of aryl methyl sites for hydroxylation is 4. The van der Waals surface area contributed by atoms with Gasteiger partial charge < -0.3 is 4.52 Å².